The van der Waals surface area contributed by atoms with Gasteiger partial charge in [-0.15, -0.1) is 0 Å². The molecule has 0 atom stereocenters. The van der Waals surface area contributed by atoms with E-state index in [1.165, 1.54) is 0 Å². The van der Waals surface area contributed by atoms with Gasteiger partial charge in [-0.25, -0.2) is 4.79 Å². The van der Waals surface area contributed by atoms with Crippen LogP contribution in [0, 0.1) is 0 Å². The van der Waals surface area contributed by atoms with Crippen LogP contribution in [0.1, 0.15) is 13.8 Å². The first-order valence-corrected chi connectivity index (χ1v) is 4.91. The highest BCUT2D eigenvalue weighted by atomic mass is 16.4. The number of carbonyl (C=O) groups is 2. The van der Waals surface area contributed by atoms with E-state index in [4.69, 9.17) is 5.11 Å². The monoisotopic (exact) mass is 214 g/mol. The van der Waals surface area contributed by atoms with Crippen molar-refractivity contribution in [3.05, 3.63) is 12.2 Å². The zero-order chi connectivity index (χ0) is 11.8. The van der Waals surface area contributed by atoms with Crippen LogP contribution in [0.5, 0.6) is 0 Å². The molecular weight excluding hydrogens is 196 g/mol. The quantitative estimate of drug-likeness (QED) is 0.589. The molecule has 0 saturated heterocycles. The van der Waals surface area contributed by atoms with Crippen molar-refractivity contribution in [3.8, 4) is 0 Å². The van der Waals surface area contributed by atoms with E-state index in [2.05, 4.69) is 11.9 Å². The van der Waals surface area contributed by atoms with Crippen molar-refractivity contribution < 1.29 is 14.7 Å². The number of hydrogen-bond acceptors (Lipinski definition) is 3. The minimum Gasteiger partial charge on any atom is -0.478 e. The summed E-state index contributed by atoms with van der Waals surface area (Å²) in [5, 5.41) is 11.3. The molecule has 0 aromatic heterocycles. The Bertz CT molecular complexity index is 251. The number of carboxylic acids is 1. The molecule has 5 heteroatoms. The number of carbonyl (C=O) groups excluding carboxylic acids is 1. The second-order valence-corrected chi connectivity index (χ2v) is 3.17. The molecule has 2 N–H and O–H groups in total. The Labute approximate surface area is 89.8 Å². The van der Waals surface area contributed by atoms with Crippen LogP contribution in [0.4, 0.5) is 0 Å². The van der Waals surface area contributed by atoms with E-state index in [0.29, 0.717) is 13.1 Å². The summed E-state index contributed by atoms with van der Waals surface area (Å²) >= 11 is 0. The first-order chi connectivity index (χ1) is 7.01. The average Bonchev–Trinajstić information content (AvgIpc) is 2.16. The standard InChI is InChI=1S/C10H18N2O3/c1-4-11-9(13)7-12(5-2)6-8(3)10(14)15/h3-7H2,1-2H3,(H,11,13)(H,14,15). The van der Waals surface area contributed by atoms with Crippen LogP contribution in [0.25, 0.3) is 0 Å². The van der Waals surface area contributed by atoms with E-state index in [1.54, 1.807) is 4.90 Å². The smallest absolute Gasteiger partial charge is 0.332 e. The molecular formula is C10H18N2O3. The molecule has 86 valence electrons. The largest absolute Gasteiger partial charge is 0.478 e. The number of carboxylic acid groups (broad SMARTS) is 1. The summed E-state index contributed by atoms with van der Waals surface area (Å²) in [5.74, 6) is -1.12. The van der Waals surface area contributed by atoms with E-state index in [9.17, 15) is 9.59 Å². The van der Waals surface area contributed by atoms with Gasteiger partial charge in [-0.05, 0) is 13.5 Å². The lowest BCUT2D eigenvalue weighted by atomic mass is 10.3. The zero-order valence-electron chi connectivity index (χ0n) is 9.25. The fourth-order valence-electron chi connectivity index (χ4n) is 1.07. The maximum absolute atomic E-state index is 11.2. The van der Waals surface area contributed by atoms with Crippen molar-refractivity contribution in [1.82, 2.24) is 10.2 Å². The minimum absolute atomic E-state index is 0.0983. The van der Waals surface area contributed by atoms with E-state index in [1.807, 2.05) is 13.8 Å². The molecule has 0 spiro atoms. The fraction of sp³-hybridized carbons (Fsp3) is 0.600. The molecule has 0 saturated carbocycles. The van der Waals surface area contributed by atoms with Gasteiger partial charge >= 0.3 is 5.97 Å². The maximum atomic E-state index is 11.2. The molecule has 0 bridgehead atoms. The second-order valence-electron chi connectivity index (χ2n) is 3.17. The predicted octanol–water partition coefficient (Wildman–Crippen LogP) is 0.0852. The zero-order valence-corrected chi connectivity index (χ0v) is 9.25. The molecule has 0 aliphatic carbocycles. The Morgan fingerprint density at radius 2 is 1.93 bits per heavy atom. The number of hydrogen-bond donors (Lipinski definition) is 2. The summed E-state index contributed by atoms with van der Waals surface area (Å²) in [6.07, 6.45) is 0. The highest BCUT2D eigenvalue weighted by Crippen LogP contribution is 1.96. The van der Waals surface area contributed by atoms with Crippen molar-refractivity contribution in [2.45, 2.75) is 13.8 Å². The van der Waals surface area contributed by atoms with Gasteiger partial charge in [0.05, 0.1) is 6.54 Å². The van der Waals surface area contributed by atoms with Crippen molar-refractivity contribution >= 4 is 11.9 Å². The van der Waals surface area contributed by atoms with Gasteiger partial charge < -0.3 is 10.4 Å². The Morgan fingerprint density at radius 3 is 2.33 bits per heavy atom. The number of rotatable bonds is 7. The third-order valence-electron chi connectivity index (χ3n) is 1.91. The topological polar surface area (TPSA) is 69.6 Å². The van der Waals surface area contributed by atoms with Crippen LogP contribution < -0.4 is 5.32 Å². The number of amides is 1. The first kappa shape index (κ1) is 13.6. The third-order valence-corrected chi connectivity index (χ3v) is 1.91. The van der Waals surface area contributed by atoms with Gasteiger partial charge in [-0.2, -0.15) is 0 Å². The van der Waals surface area contributed by atoms with Crippen LogP contribution in [-0.2, 0) is 9.59 Å². The lowest BCUT2D eigenvalue weighted by molar-refractivity contribution is -0.133. The fourth-order valence-corrected chi connectivity index (χ4v) is 1.07. The van der Waals surface area contributed by atoms with Gasteiger partial charge in [0.1, 0.15) is 0 Å². The molecule has 0 aromatic rings. The molecule has 0 aliphatic heterocycles. The minimum atomic E-state index is -1.02. The molecule has 0 aromatic carbocycles. The van der Waals surface area contributed by atoms with Gasteiger partial charge in [0.2, 0.25) is 5.91 Å². The molecule has 5 nitrogen and oxygen atoms in total. The molecule has 0 heterocycles. The van der Waals surface area contributed by atoms with Crippen LogP contribution in [0.15, 0.2) is 12.2 Å². The Kier molecular flexibility index (Phi) is 6.37. The van der Waals surface area contributed by atoms with Crippen molar-refractivity contribution in [2.24, 2.45) is 0 Å². The summed E-state index contributed by atoms with van der Waals surface area (Å²) in [6.45, 7) is 8.74. The van der Waals surface area contributed by atoms with Gasteiger partial charge in [0.25, 0.3) is 0 Å². The van der Waals surface area contributed by atoms with Crippen molar-refractivity contribution in [2.75, 3.05) is 26.2 Å². The molecule has 0 aliphatic rings. The van der Waals surface area contributed by atoms with Gasteiger partial charge in [-0.3, -0.25) is 9.69 Å². The molecule has 1 amide bonds. The van der Waals surface area contributed by atoms with E-state index >= 15 is 0 Å². The maximum Gasteiger partial charge on any atom is 0.332 e. The normalized spacial score (nSPS) is 10.1. The second kappa shape index (κ2) is 7.00. The average molecular weight is 214 g/mol. The van der Waals surface area contributed by atoms with E-state index < -0.39 is 5.97 Å². The molecule has 15 heavy (non-hydrogen) atoms. The van der Waals surface area contributed by atoms with Crippen LogP contribution in [0.2, 0.25) is 0 Å². The van der Waals surface area contributed by atoms with Crippen LogP contribution in [0.3, 0.4) is 0 Å². The molecule has 0 fully saturated rings. The number of likely N-dealkylation sites (N-methyl/N-ethyl adjacent to an activating group) is 2. The predicted molar refractivity (Wildman–Crippen MR) is 57.6 cm³/mol. The van der Waals surface area contributed by atoms with E-state index in [0.717, 1.165) is 0 Å². The molecule has 0 radical (unpaired) electrons. The van der Waals surface area contributed by atoms with Crippen LogP contribution >= 0.6 is 0 Å². The summed E-state index contributed by atoms with van der Waals surface area (Å²) in [4.78, 5) is 23.5. The van der Waals surface area contributed by atoms with Gasteiger partial charge in [0.15, 0.2) is 0 Å². The summed E-state index contributed by atoms with van der Waals surface area (Å²) in [5.41, 5.74) is 0.0983. The number of nitrogens with one attached hydrogen (secondary N) is 1. The lowest BCUT2D eigenvalue weighted by Gasteiger charge is -2.19. The highest BCUT2D eigenvalue weighted by molar-refractivity contribution is 5.86. The highest BCUT2D eigenvalue weighted by Gasteiger charge is 2.12. The summed E-state index contributed by atoms with van der Waals surface area (Å²) in [7, 11) is 0. The van der Waals surface area contributed by atoms with Gasteiger partial charge in [0, 0.05) is 18.7 Å². The number of nitrogens with zero attached hydrogens (tertiary/aromatic N) is 1. The number of aliphatic carboxylic acids is 1. The Balaban J connectivity index is 4.08. The van der Waals surface area contributed by atoms with Crippen LogP contribution in [-0.4, -0.2) is 48.1 Å². The summed E-state index contributed by atoms with van der Waals surface area (Å²) < 4.78 is 0. The summed E-state index contributed by atoms with van der Waals surface area (Å²) in [6, 6.07) is 0. The molecule has 0 unspecified atom stereocenters. The van der Waals surface area contributed by atoms with Gasteiger partial charge in [-0.1, -0.05) is 13.5 Å². The lowest BCUT2D eigenvalue weighted by Crippen LogP contribution is -2.38. The van der Waals surface area contributed by atoms with E-state index in [-0.39, 0.29) is 24.6 Å². The third kappa shape index (κ3) is 5.85. The van der Waals surface area contributed by atoms with Crippen molar-refractivity contribution in [1.29, 1.82) is 0 Å². The SMILES string of the molecule is C=C(CN(CC)CC(=O)NCC)C(=O)O. The Morgan fingerprint density at radius 1 is 1.33 bits per heavy atom. The van der Waals surface area contributed by atoms with Crippen molar-refractivity contribution in [3.63, 3.8) is 0 Å². The first-order valence-electron chi connectivity index (χ1n) is 4.91. The Hall–Kier alpha value is -1.36. The molecule has 0 rings (SSSR count).